The first-order chi connectivity index (χ1) is 25.4. The van der Waals surface area contributed by atoms with Gasteiger partial charge in [-0.25, -0.2) is 0 Å². The number of hydrogen-bond donors (Lipinski definition) is 0. The van der Waals surface area contributed by atoms with Gasteiger partial charge in [-0.15, -0.1) is 0 Å². The maximum absolute atomic E-state index is 6.67. The lowest BCUT2D eigenvalue weighted by Crippen LogP contribution is -2.40. The number of rotatable bonds is 30. The van der Waals surface area contributed by atoms with Crippen molar-refractivity contribution >= 4 is 24.6 Å². The predicted molar refractivity (Wildman–Crippen MR) is 195 cm³/mol. The van der Waals surface area contributed by atoms with Crippen LogP contribution in [0.3, 0.4) is 0 Å². The van der Waals surface area contributed by atoms with Gasteiger partial charge in [0.15, 0.2) is 75.5 Å². The molecule has 14 atom stereocenters. The molecule has 1 rings (SSSR count). The summed E-state index contributed by atoms with van der Waals surface area (Å²) >= 11 is 0. The zero-order chi connectivity index (χ0) is 41.2. The van der Waals surface area contributed by atoms with Gasteiger partial charge in [-0.1, -0.05) is 4.60 Å². The Balaban J connectivity index is 4.24. The Morgan fingerprint density at radius 3 is 1.07 bits per heavy atom. The van der Waals surface area contributed by atoms with Crippen molar-refractivity contribution in [1.29, 1.82) is 0 Å². The van der Waals surface area contributed by atoms with Crippen LogP contribution in [0.1, 0.15) is 83.1 Å². The van der Waals surface area contributed by atoms with Gasteiger partial charge in [0.1, 0.15) is 0 Å². The lowest BCUT2D eigenvalue weighted by Gasteiger charge is -2.48. The van der Waals surface area contributed by atoms with Crippen molar-refractivity contribution in [3.63, 3.8) is 0 Å². The molecule has 0 aromatic heterocycles. The van der Waals surface area contributed by atoms with E-state index in [2.05, 4.69) is 0 Å². The molecule has 0 fully saturated rings. The van der Waals surface area contributed by atoms with Gasteiger partial charge in [-0.3, -0.25) is 27.8 Å². The van der Waals surface area contributed by atoms with Crippen LogP contribution in [0.2, 0.25) is 0 Å². The smallest absolute Gasteiger partial charge is 0.332 e. The Hall–Kier alpha value is 0.290. The summed E-state index contributed by atoms with van der Waals surface area (Å²) in [4.78, 5) is 13.0. The first-order valence-corrected chi connectivity index (χ1v) is 21.2. The topological polar surface area (TPSA) is 185 Å². The van der Waals surface area contributed by atoms with Gasteiger partial charge < -0.3 is 56.8 Å². The van der Waals surface area contributed by atoms with Gasteiger partial charge in [0.05, 0.1) is 0 Å². The second-order valence-electron chi connectivity index (χ2n) is 11.3. The Labute approximate surface area is 323 Å². The van der Waals surface area contributed by atoms with Gasteiger partial charge in [0, 0.05) is 42.7 Å². The zero-order valence-electron chi connectivity index (χ0n) is 35.0. The molecular weight excluding hydrogens is 783 g/mol. The van der Waals surface area contributed by atoms with E-state index in [1.54, 1.807) is 83.1 Å². The van der Waals surface area contributed by atoms with Gasteiger partial charge in [-0.2, -0.15) is 4.52 Å². The molecule has 21 nitrogen and oxygen atoms in total. The highest BCUT2D eigenvalue weighted by Gasteiger charge is 2.56. The maximum Gasteiger partial charge on any atom is 0.332 e. The highest BCUT2D eigenvalue weighted by Crippen LogP contribution is 2.80. The quantitative estimate of drug-likeness (QED) is 0.0528. The van der Waals surface area contributed by atoms with Crippen molar-refractivity contribution in [1.82, 2.24) is 9.21 Å². The summed E-state index contributed by atoms with van der Waals surface area (Å²) < 4.78 is 102. The van der Waals surface area contributed by atoms with Crippen LogP contribution in [0.15, 0.2) is 4.52 Å². The van der Waals surface area contributed by atoms with E-state index in [-0.39, 0.29) is 0 Å². The molecule has 24 heteroatoms. The average molecular weight is 850 g/mol. The Bertz CT molecular complexity index is 1030. The molecule has 0 amide bonds. The van der Waals surface area contributed by atoms with E-state index in [1.165, 1.54) is 51.9 Å². The van der Waals surface area contributed by atoms with Crippen LogP contribution in [0.4, 0.5) is 0 Å². The Kier molecular flexibility index (Phi) is 26.3. The summed E-state index contributed by atoms with van der Waals surface area (Å²) in [7, 11) is 0.116. The van der Waals surface area contributed by atoms with Crippen molar-refractivity contribution in [3.8, 4) is 0 Å². The fourth-order valence-electron chi connectivity index (χ4n) is 3.88. The summed E-state index contributed by atoms with van der Waals surface area (Å²) in [5.41, 5.74) is 0. The molecule has 0 bridgehead atoms. The zero-order valence-corrected chi connectivity index (χ0v) is 37.6. The highest BCUT2D eigenvalue weighted by molar-refractivity contribution is 7.78. The summed E-state index contributed by atoms with van der Waals surface area (Å²) in [5, 5.41) is 0. The molecule has 0 saturated heterocycles. The standard InChI is InChI=1S/C30H66N3O18P3/c1-19(34-13)40-25(7)46-32-52(48-27(9)42-21(3)36-15)31-54(50-29(11)44-23(5)38-17,51-30(12)45-24(6)39-18)33(47-26(8)41-20(2)35-14)53(32)49-28(10)43-22(4)37-16/h19-30H,1-18H3. The second kappa shape index (κ2) is 27.1. The maximum atomic E-state index is 6.67. The summed E-state index contributed by atoms with van der Waals surface area (Å²) in [5.74, 6) is 0. The normalized spacial score (nSPS) is 26.9. The van der Waals surface area contributed by atoms with Gasteiger partial charge in [-0.05, 0) is 87.7 Å². The van der Waals surface area contributed by atoms with Crippen LogP contribution in [-0.2, 0) is 84.6 Å². The minimum Gasteiger partial charge on any atom is -0.356 e. The van der Waals surface area contributed by atoms with E-state index in [4.69, 9.17) is 89.1 Å². The van der Waals surface area contributed by atoms with E-state index in [0.717, 1.165) is 0 Å². The van der Waals surface area contributed by atoms with Crippen LogP contribution < -0.4 is 0 Å². The molecule has 0 saturated carbocycles. The van der Waals surface area contributed by atoms with Crippen molar-refractivity contribution in [2.45, 2.75) is 159 Å². The lowest BCUT2D eigenvalue weighted by atomic mass is 10.7. The van der Waals surface area contributed by atoms with E-state index in [1.807, 2.05) is 0 Å². The summed E-state index contributed by atoms with van der Waals surface area (Å²) in [6, 6.07) is 0. The van der Waals surface area contributed by atoms with Crippen molar-refractivity contribution in [3.05, 3.63) is 0 Å². The summed E-state index contributed by atoms with van der Waals surface area (Å²) in [6.07, 6.45) is -10.1. The third-order valence-electron chi connectivity index (χ3n) is 6.68. The molecule has 0 aromatic rings. The lowest BCUT2D eigenvalue weighted by molar-refractivity contribution is -0.286. The first-order valence-electron chi connectivity index (χ1n) is 17.3. The largest absolute Gasteiger partial charge is 0.356 e. The fraction of sp³-hybridized carbons (Fsp3) is 1.00. The molecule has 324 valence electrons. The molecule has 0 N–H and O–H groups in total. The third-order valence-corrected chi connectivity index (χ3v) is 14.1. The van der Waals surface area contributed by atoms with E-state index in [0.29, 0.717) is 0 Å². The highest BCUT2D eigenvalue weighted by atomic mass is 31.3. The van der Waals surface area contributed by atoms with Crippen LogP contribution >= 0.6 is 24.6 Å². The molecule has 14 unspecified atom stereocenters. The first kappa shape index (κ1) is 52.3. The fourth-order valence-corrected chi connectivity index (χ4v) is 11.9. The number of ether oxygens (including phenoxy) is 12. The second-order valence-corrected chi connectivity index (χ2v) is 16.9. The van der Waals surface area contributed by atoms with Gasteiger partial charge >= 0.3 is 7.66 Å². The molecule has 0 aliphatic carbocycles. The Morgan fingerprint density at radius 1 is 0.389 bits per heavy atom. The molecule has 1 heterocycles. The van der Waals surface area contributed by atoms with Crippen molar-refractivity contribution < 1.29 is 84.6 Å². The number of hydrogen-bond acceptors (Lipinski definition) is 21. The van der Waals surface area contributed by atoms with E-state index < -0.39 is 100 Å². The Morgan fingerprint density at radius 2 is 0.704 bits per heavy atom. The number of nitrogens with zero attached hydrogens (tertiary/aromatic N) is 3. The molecule has 0 spiro atoms. The van der Waals surface area contributed by atoms with Crippen LogP contribution in [0.5, 0.6) is 0 Å². The minimum atomic E-state index is -4.07. The summed E-state index contributed by atoms with van der Waals surface area (Å²) in [6.45, 7) is 20.1. The van der Waals surface area contributed by atoms with Gasteiger partial charge in [0.25, 0.3) is 16.9 Å². The average Bonchev–Trinajstić information content (AvgIpc) is 3.10. The van der Waals surface area contributed by atoms with Gasteiger partial charge in [0.2, 0.25) is 0 Å². The van der Waals surface area contributed by atoms with Crippen molar-refractivity contribution in [2.75, 3.05) is 42.7 Å². The molecule has 0 radical (unpaired) electrons. The molecular formula is C30H66N3O18P3. The van der Waals surface area contributed by atoms with Crippen LogP contribution in [0.25, 0.3) is 0 Å². The molecule has 0 aromatic carbocycles. The van der Waals surface area contributed by atoms with E-state index >= 15 is 0 Å². The predicted octanol–water partition coefficient (Wildman–Crippen LogP) is 7.06. The van der Waals surface area contributed by atoms with E-state index in [9.17, 15) is 0 Å². The third kappa shape index (κ3) is 18.9. The van der Waals surface area contributed by atoms with Crippen LogP contribution in [-0.4, -0.2) is 127 Å². The van der Waals surface area contributed by atoms with Crippen LogP contribution in [0, 0.1) is 0 Å². The molecule has 1 aliphatic rings. The molecule has 1 aliphatic heterocycles. The monoisotopic (exact) mass is 849 g/mol. The SMILES string of the molecule is COC(C)OC(C)ON1P(OC(C)OC(C)OC)N=P(OC(C)OC(C)OC)(OC(C)OC(C)OC)N(OC(C)OC(C)OC)P1OC(C)OC(C)OC. The van der Waals surface area contributed by atoms with Crippen molar-refractivity contribution in [2.24, 2.45) is 4.52 Å². The minimum absolute atomic E-state index is 0.652. The molecule has 54 heavy (non-hydrogen) atoms. The number of methoxy groups -OCH3 is 6.